The Morgan fingerprint density at radius 2 is 0.540 bits per heavy atom. The van der Waals surface area contributed by atoms with Crippen molar-refractivity contribution in [2.45, 2.75) is 428 Å². The van der Waals surface area contributed by atoms with Crippen LogP contribution in [0.2, 0.25) is 0 Å². The van der Waals surface area contributed by atoms with Gasteiger partial charge in [-0.25, -0.2) is 0 Å². The summed E-state index contributed by atoms with van der Waals surface area (Å²) in [4.78, 5) is 0. The largest absolute Gasteiger partial charge is 0.463 e. The number of benzene rings is 4. The fourth-order valence-electron chi connectivity index (χ4n) is 14.4. The monoisotopic (exact) mass is 1420 g/mol. The minimum atomic E-state index is -1.76. The molecule has 0 fully saturated rings. The zero-order valence-electron chi connectivity index (χ0n) is 67.6. The van der Waals surface area contributed by atoms with E-state index in [0.717, 1.165) is 87.2 Å². The van der Waals surface area contributed by atoms with Crippen LogP contribution in [0.25, 0.3) is 0 Å². The minimum absolute atomic E-state index is 0.153. The quantitative estimate of drug-likeness (QED) is 0.0324. The van der Waals surface area contributed by atoms with Crippen molar-refractivity contribution in [2.24, 2.45) is 0 Å². The highest BCUT2D eigenvalue weighted by Crippen LogP contribution is 2.51. The van der Waals surface area contributed by atoms with Crippen molar-refractivity contribution >= 4 is 17.2 Å². The number of hydrogen-bond acceptors (Lipinski definition) is 6. The summed E-state index contributed by atoms with van der Waals surface area (Å²) < 4.78 is 42.1. The molecular weight excluding hydrogens is 1260 g/mol. The maximum absolute atomic E-state index is 7.22. The van der Waals surface area contributed by atoms with Crippen molar-refractivity contribution < 1.29 is 27.1 Å². The second kappa shape index (κ2) is 56.2. The van der Waals surface area contributed by atoms with Crippen molar-refractivity contribution in [3.63, 3.8) is 0 Å². The summed E-state index contributed by atoms with van der Waals surface area (Å²) in [5, 5.41) is 0. The second-order valence-corrected chi connectivity index (χ2v) is 34.4. The highest BCUT2D eigenvalue weighted by atomic mass is 31.2. The van der Waals surface area contributed by atoms with Crippen molar-refractivity contribution in [3.05, 3.63) is 117 Å². The molecular formula is C92H156O6P2. The average Bonchev–Trinajstić information content (AvgIpc) is 0.768. The van der Waals surface area contributed by atoms with Gasteiger partial charge >= 0.3 is 17.2 Å². The van der Waals surface area contributed by atoms with Gasteiger partial charge in [0.05, 0.1) is 13.2 Å². The maximum atomic E-state index is 7.22. The van der Waals surface area contributed by atoms with E-state index in [-0.39, 0.29) is 16.7 Å². The summed E-state index contributed by atoms with van der Waals surface area (Å²) in [6, 6.07) is 26.9. The standard InChI is InChI=1S/C92H156O6P2/c1-14-19-23-27-31-33-35-37-39-41-43-45-47-51-55-63-72-93-99(95-87-70-61-59-68-80(87)66-57-53-49-29-25-21-16-3)97-89-74-78(6)83(76-85(89)91(8,9)10)82(65-18-5)84-77-86(92(11,12)13)90(75-79(84)7)98-100(96-88-71-62-60-69-81(88)67-58-54-50-30-26-22-17-4)94-73-64-56-52-48-46-44-42-40-38-36-34-32-28-24-20-15-2/h59-62,68-71,74-77,82H,14-58,63-67,72-73H2,1-13H3. The Bertz CT molecular complexity index is 2440. The first-order valence-corrected chi connectivity index (χ1v) is 44.9. The number of rotatable bonds is 64. The van der Waals surface area contributed by atoms with Crippen LogP contribution in [-0.4, -0.2) is 13.2 Å². The van der Waals surface area contributed by atoms with E-state index in [2.05, 4.69) is 163 Å². The van der Waals surface area contributed by atoms with Crippen LogP contribution >= 0.6 is 17.2 Å². The Kier molecular flexibility index (Phi) is 50.2. The molecule has 0 saturated heterocycles. The average molecular weight is 1420 g/mol. The third kappa shape index (κ3) is 39.3. The summed E-state index contributed by atoms with van der Waals surface area (Å²) in [6.07, 6.45) is 65.0. The zero-order valence-corrected chi connectivity index (χ0v) is 69.4. The molecule has 0 spiro atoms. The minimum Gasteiger partial charge on any atom is -0.417 e. The third-order valence-corrected chi connectivity index (χ3v) is 23.0. The highest BCUT2D eigenvalue weighted by molar-refractivity contribution is 7.42. The van der Waals surface area contributed by atoms with Crippen LogP contribution in [0.4, 0.5) is 0 Å². The van der Waals surface area contributed by atoms with Crippen LogP contribution in [0.15, 0.2) is 72.8 Å². The predicted octanol–water partition coefficient (Wildman–Crippen LogP) is 32.3. The fraction of sp³-hybridized carbons (Fsp3) is 0.739. The molecule has 2 unspecified atom stereocenters. The van der Waals surface area contributed by atoms with Crippen LogP contribution in [0.3, 0.4) is 0 Å². The number of unbranched alkanes of at least 4 members (excludes halogenated alkanes) is 42. The van der Waals surface area contributed by atoms with Gasteiger partial charge in [0.1, 0.15) is 23.0 Å². The van der Waals surface area contributed by atoms with Gasteiger partial charge in [0, 0.05) is 17.0 Å². The molecule has 100 heavy (non-hydrogen) atoms. The maximum Gasteiger partial charge on any atom is 0.463 e. The molecule has 4 aromatic carbocycles. The first kappa shape index (κ1) is 89.3. The first-order chi connectivity index (χ1) is 48.6. The summed E-state index contributed by atoms with van der Waals surface area (Å²) in [7, 11) is -3.52. The van der Waals surface area contributed by atoms with Gasteiger partial charge in [-0.05, 0) is 127 Å². The Balaban J connectivity index is 1.56. The molecule has 570 valence electrons. The third-order valence-electron chi connectivity index (χ3n) is 20.8. The van der Waals surface area contributed by atoms with E-state index in [1.807, 2.05) is 0 Å². The molecule has 0 heterocycles. The van der Waals surface area contributed by atoms with Crippen molar-refractivity contribution in [1.29, 1.82) is 0 Å². The van der Waals surface area contributed by atoms with Gasteiger partial charge in [0.2, 0.25) is 0 Å². The molecule has 0 aromatic heterocycles. The molecule has 8 heteroatoms. The number of aryl methyl sites for hydroxylation is 4. The molecule has 0 aliphatic rings. The lowest BCUT2D eigenvalue weighted by Gasteiger charge is -2.31. The van der Waals surface area contributed by atoms with E-state index in [1.165, 1.54) is 301 Å². The van der Waals surface area contributed by atoms with Crippen molar-refractivity contribution in [3.8, 4) is 23.0 Å². The van der Waals surface area contributed by atoms with Crippen LogP contribution < -0.4 is 18.1 Å². The smallest absolute Gasteiger partial charge is 0.417 e. The lowest BCUT2D eigenvalue weighted by atomic mass is 9.76. The topological polar surface area (TPSA) is 55.4 Å². The van der Waals surface area contributed by atoms with Gasteiger partial charge in [-0.3, -0.25) is 9.05 Å². The van der Waals surface area contributed by atoms with Gasteiger partial charge in [-0.2, -0.15) is 0 Å². The molecule has 0 radical (unpaired) electrons. The molecule has 2 atom stereocenters. The molecule has 0 aliphatic heterocycles. The Labute approximate surface area is 622 Å². The summed E-state index contributed by atoms with van der Waals surface area (Å²) >= 11 is 0. The second-order valence-electron chi connectivity index (χ2n) is 32.3. The Morgan fingerprint density at radius 1 is 0.290 bits per heavy atom. The van der Waals surface area contributed by atoms with Crippen molar-refractivity contribution in [1.82, 2.24) is 0 Å². The summed E-state index contributed by atoms with van der Waals surface area (Å²) in [5.41, 5.74) is 9.53. The van der Waals surface area contributed by atoms with E-state index >= 15 is 0 Å². The van der Waals surface area contributed by atoms with E-state index in [1.54, 1.807) is 0 Å². The van der Waals surface area contributed by atoms with Gasteiger partial charge in [-0.1, -0.05) is 401 Å². The summed E-state index contributed by atoms with van der Waals surface area (Å²) in [5.74, 6) is 3.66. The molecule has 0 N–H and O–H groups in total. The lowest BCUT2D eigenvalue weighted by Crippen LogP contribution is -2.18. The van der Waals surface area contributed by atoms with Crippen LogP contribution in [-0.2, 0) is 32.7 Å². The lowest BCUT2D eigenvalue weighted by molar-refractivity contribution is 0.255. The summed E-state index contributed by atoms with van der Waals surface area (Å²) in [6.45, 7) is 31.3. The van der Waals surface area contributed by atoms with Gasteiger partial charge in [-0.15, -0.1) is 0 Å². The fourth-order valence-corrected chi connectivity index (χ4v) is 16.6. The van der Waals surface area contributed by atoms with Crippen LogP contribution in [0, 0.1) is 13.8 Å². The van der Waals surface area contributed by atoms with Gasteiger partial charge in [0.15, 0.2) is 0 Å². The molecule has 4 aromatic rings. The normalized spacial score (nSPS) is 12.9. The Morgan fingerprint density at radius 3 is 0.810 bits per heavy atom. The molecule has 0 bridgehead atoms. The predicted molar refractivity (Wildman–Crippen MR) is 440 cm³/mol. The molecule has 0 saturated carbocycles. The van der Waals surface area contributed by atoms with Gasteiger partial charge in [0.25, 0.3) is 0 Å². The number of hydrogen-bond donors (Lipinski definition) is 0. The Hall–Kier alpha value is -3.14. The first-order valence-electron chi connectivity index (χ1n) is 42.7. The van der Waals surface area contributed by atoms with E-state index in [9.17, 15) is 0 Å². The molecule has 0 aliphatic carbocycles. The van der Waals surface area contributed by atoms with E-state index in [0.29, 0.717) is 13.2 Å². The zero-order chi connectivity index (χ0) is 72.2. The highest BCUT2D eigenvalue weighted by Gasteiger charge is 2.32. The van der Waals surface area contributed by atoms with Crippen molar-refractivity contribution in [2.75, 3.05) is 13.2 Å². The van der Waals surface area contributed by atoms with Crippen LogP contribution in [0.5, 0.6) is 23.0 Å². The molecule has 0 amide bonds. The molecule has 4 rings (SSSR count). The molecule has 6 nitrogen and oxygen atoms in total. The van der Waals surface area contributed by atoms with Gasteiger partial charge < -0.3 is 18.1 Å². The van der Waals surface area contributed by atoms with E-state index in [4.69, 9.17) is 27.1 Å². The van der Waals surface area contributed by atoms with Crippen LogP contribution in [0.1, 0.15) is 435 Å². The SMILES string of the molecule is CCCCCCCCCCCCCCCCCCOP(Oc1ccccc1CCCCCCCCC)Oc1cc(C)c(C(CCC)c2cc(C(C)(C)C)c(OP(OCCCCCCCCCCCCCCCCCC)Oc3ccccc3CCCCCCCCC)cc2C)cc1C(C)(C)C. The number of para-hydroxylation sites is 2. The van der Waals surface area contributed by atoms with E-state index < -0.39 is 17.2 Å².